The standard InChI is InChI=1S/C31H30F3N3O4/c1-30(2,3)41-29(39)36-18-24-15-23-14-22(16-25(27(23)40-24)21-8-9-26(32)35-17-21)19-4-6-20(7-5-19)28(38)37-12-10-31(33,34)11-13-37/h4-9,14-17H,10-13,18H2,1-3H3,(H,36,39). The maximum atomic E-state index is 13.6. The molecule has 1 aliphatic rings. The normalized spacial score (nSPS) is 15.1. The number of aromatic nitrogens is 1. The number of amides is 2. The molecule has 0 atom stereocenters. The predicted octanol–water partition coefficient (Wildman–Crippen LogP) is 7.20. The molecule has 4 aromatic rings. The number of alkyl halides is 2. The number of ether oxygens (including phenoxy) is 1. The van der Waals surface area contributed by atoms with Crippen LogP contribution in [0.3, 0.4) is 0 Å². The van der Waals surface area contributed by atoms with Crippen LogP contribution in [0.5, 0.6) is 0 Å². The van der Waals surface area contributed by atoms with Crippen molar-refractivity contribution in [2.45, 2.75) is 51.7 Å². The summed E-state index contributed by atoms with van der Waals surface area (Å²) in [5.74, 6) is -3.12. The number of likely N-dealkylation sites (tertiary alicyclic amines) is 1. The van der Waals surface area contributed by atoms with Gasteiger partial charge in [-0.3, -0.25) is 4.79 Å². The second kappa shape index (κ2) is 10.9. The van der Waals surface area contributed by atoms with Crippen LogP contribution in [0.4, 0.5) is 18.0 Å². The van der Waals surface area contributed by atoms with Crippen molar-refractivity contribution in [3.05, 3.63) is 78.1 Å². The van der Waals surface area contributed by atoms with E-state index in [0.717, 1.165) is 16.5 Å². The number of alkyl carbamates (subject to hydrolysis) is 1. The van der Waals surface area contributed by atoms with Crippen LogP contribution in [0.15, 0.2) is 65.2 Å². The Labute approximate surface area is 235 Å². The summed E-state index contributed by atoms with van der Waals surface area (Å²) in [5, 5.41) is 3.43. The second-order valence-corrected chi connectivity index (χ2v) is 11.1. The Hall–Kier alpha value is -4.34. The first-order valence-corrected chi connectivity index (χ1v) is 13.3. The fourth-order valence-electron chi connectivity index (χ4n) is 4.71. The minimum Gasteiger partial charge on any atom is -0.459 e. The quantitative estimate of drug-likeness (QED) is 0.259. The van der Waals surface area contributed by atoms with Gasteiger partial charge in [0.25, 0.3) is 11.8 Å². The molecule has 2 amide bonds. The lowest BCUT2D eigenvalue weighted by atomic mass is 9.96. The fourth-order valence-corrected chi connectivity index (χ4v) is 4.71. The number of nitrogens with zero attached hydrogens (tertiary/aromatic N) is 2. The minimum absolute atomic E-state index is 0.0188. The number of rotatable bonds is 5. The highest BCUT2D eigenvalue weighted by molar-refractivity contribution is 5.98. The van der Waals surface area contributed by atoms with Gasteiger partial charge in [-0.2, -0.15) is 4.39 Å². The largest absolute Gasteiger partial charge is 0.459 e. The van der Waals surface area contributed by atoms with Crippen LogP contribution in [-0.2, 0) is 11.3 Å². The monoisotopic (exact) mass is 565 g/mol. The van der Waals surface area contributed by atoms with Gasteiger partial charge in [0, 0.05) is 54.2 Å². The number of benzene rings is 2. The Balaban J connectivity index is 1.44. The Morgan fingerprint density at radius 2 is 1.68 bits per heavy atom. The summed E-state index contributed by atoms with van der Waals surface area (Å²) in [6.07, 6.45) is 0.170. The van der Waals surface area contributed by atoms with E-state index >= 15 is 0 Å². The summed E-state index contributed by atoms with van der Waals surface area (Å²) < 4.78 is 52.0. The molecule has 1 N–H and O–H groups in total. The summed E-state index contributed by atoms with van der Waals surface area (Å²) >= 11 is 0. The molecule has 5 rings (SSSR count). The first-order chi connectivity index (χ1) is 19.4. The van der Waals surface area contributed by atoms with E-state index in [9.17, 15) is 22.8 Å². The van der Waals surface area contributed by atoms with Crippen molar-refractivity contribution < 1.29 is 31.9 Å². The van der Waals surface area contributed by atoms with Gasteiger partial charge >= 0.3 is 6.09 Å². The summed E-state index contributed by atoms with van der Waals surface area (Å²) in [6.45, 7) is 5.45. The van der Waals surface area contributed by atoms with E-state index in [1.54, 1.807) is 57.2 Å². The number of carbonyl (C=O) groups excluding carboxylic acids is 2. The zero-order chi connectivity index (χ0) is 29.4. The molecule has 0 radical (unpaired) electrons. The van der Waals surface area contributed by atoms with Crippen molar-refractivity contribution in [1.82, 2.24) is 15.2 Å². The van der Waals surface area contributed by atoms with E-state index in [1.165, 1.54) is 17.2 Å². The van der Waals surface area contributed by atoms with Crippen LogP contribution < -0.4 is 5.32 Å². The first kappa shape index (κ1) is 28.2. The molecule has 2 aromatic heterocycles. The van der Waals surface area contributed by atoms with E-state index < -0.39 is 23.6 Å². The molecule has 0 bridgehead atoms. The number of fused-ring (bicyclic) bond motifs is 1. The highest BCUT2D eigenvalue weighted by Crippen LogP contribution is 2.36. The van der Waals surface area contributed by atoms with Crippen LogP contribution >= 0.6 is 0 Å². The molecule has 1 fully saturated rings. The molecule has 3 heterocycles. The average molecular weight is 566 g/mol. The van der Waals surface area contributed by atoms with Gasteiger partial charge < -0.3 is 19.4 Å². The van der Waals surface area contributed by atoms with Crippen molar-refractivity contribution in [2.75, 3.05) is 13.1 Å². The third-order valence-electron chi connectivity index (χ3n) is 6.76. The third kappa shape index (κ3) is 6.70. The molecular weight excluding hydrogens is 535 g/mol. The van der Waals surface area contributed by atoms with Crippen molar-refractivity contribution in [3.63, 3.8) is 0 Å². The number of carbonyl (C=O) groups is 2. The van der Waals surface area contributed by atoms with Crippen molar-refractivity contribution in [2.24, 2.45) is 0 Å². The molecule has 10 heteroatoms. The lowest BCUT2D eigenvalue weighted by Gasteiger charge is -2.31. The molecule has 1 aliphatic heterocycles. The van der Waals surface area contributed by atoms with Gasteiger partial charge in [-0.25, -0.2) is 18.6 Å². The lowest BCUT2D eigenvalue weighted by molar-refractivity contribution is -0.0494. The van der Waals surface area contributed by atoms with Crippen LogP contribution in [0.1, 0.15) is 49.7 Å². The molecule has 0 aliphatic carbocycles. The van der Waals surface area contributed by atoms with Gasteiger partial charge in [0.1, 0.15) is 16.9 Å². The Morgan fingerprint density at radius 1 is 1.00 bits per heavy atom. The van der Waals surface area contributed by atoms with Crippen molar-refractivity contribution >= 4 is 23.0 Å². The average Bonchev–Trinajstić information content (AvgIpc) is 3.34. The van der Waals surface area contributed by atoms with Gasteiger partial charge in [0.2, 0.25) is 5.95 Å². The Kier molecular flexibility index (Phi) is 7.50. The second-order valence-electron chi connectivity index (χ2n) is 11.1. The van der Waals surface area contributed by atoms with Gasteiger partial charge in [-0.05, 0) is 74.4 Å². The topological polar surface area (TPSA) is 84.7 Å². The van der Waals surface area contributed by atoms with E-state index in [4.69, 9.17) is 9.15 Å². The van der Waals surface area contributed by atoms with E-state index in [1.807, 2.05) is 12.1 Å². The van der Waals surface area contributed by atoms with Crippen molar-refractivity contribution in [1.29, 1.82) is 0 Å². The molecule has 7 nitrogen and oxygen atoms in total. The highest BCUT2D eigenvalue weighted by atomic mass is 19.3. The van der Waals surface area contributed by atoms with Crippen LogP contribution in [0.25, 0.3) is 33.2 Å². The van der Waals surface area contributed by atoms with E-state index in [2.05, 4.69) is 10.3 Å². The Bertz CT molecular complexity index is 1570. The zero-order valence-corrected chi connectivity index (χ0v) is 23.0. The summed E-state index contributed by atoms with van der Waals surface area (Å²) in [5.41, 5.74) is 3.23. The van der Waals surface area contributed by atoms with Crippen molar-refractivity contribution in [3.8, 4) is 22.3 Å². The molecule has 1 saturated heterocycles. The van der Waals surface area contributed by atoms with Gasteiger partial charge in [0.15, 0.2) is 0 Å². The van der Waals surface area contributed by atoms with Crippen LogP contribution in [0, 0.1) is 5.95 Å². The summed E-state index contributed by atoms with van der Waals surface area (Å²) in [4.78, 5) is 30.2. The molecule has 0 unspecified atom stereocenters. The molecule has 0 saturated carbocycles. The number of hydrogen-bond acceptors (Lipinski definition) is 5. The van der Waals surface area contributed by atoms with Gasteiger partial charge in [0.05, 0.1) is 6.54 Å². The molecule has 2 aromatic carbocycles. The maximum Gasteiger partial charge on any atom is 0.408 e. The Morgan fingerprint density at radius 3 is 2.32 bits per heavy atom. The number of nitrogens with one attached hydrogen (secondary N) is 1. The number of piperidine rings is 1. The van der Waals surface area contributed by atoms with Crippen LogP contribution in [-0.4, -0.2) is 46.5 Å². The SMILES string of the molecule is CC(C)(C)OC(=O)NCc1cc2cc(-c3ccc(C(=O)N4CCC(F)(F)CC4)cc3)cc(-c3ccc(F)nc3)c2o1. The van der Waals surface area contributed by atoms with Gasteiger partial charge in [-0.15, -0.1) is 0 Å². The third-order valence-corrected chi connectivity index (χ3v) is 6.76. The lowest BCUT2D eigenvalue weighted by Crippen LogP contribution is -2.42. The fraction of sp³-hybridized carbons (Fsp3) is 0.323. The first-order valence-electron chi connectivity index (χ1n) is 13.3. The number of furan rings is 1. The number of pyridine rings is 1. The van der Waals surface area contributed by atoms with Gasteiger partial charge in [-0.1, -0.05) is 12.1 Å². The molecule has 214 valence electrons. The molecule has 0 spiro atoms. The highest BCUT2D eigenvalue weighted by Gasteiger charge is 2.35. The molecule has 41 heavy (non-hydrogen) atoms. The van der Waals surface area contributed by atoms with Crippen LogP contribution in [0.2, 0.25) is 0 Å². The maximum absolute atomic E-state index is 13.6. The summed E-state index contributed by atoms with van der Waals surface area (Å²) in [6, 6.07) is 15.4. The van der Waals surface area contributed by atoms with E-state index in [0.29, 0.717) is 28.0 Å². The number of hydrogen-bond donors (Lipinski definition) is 1. The zero-order valence-electron chi connectivity index (χ0n) is 23.0. The predicted molar refractivity (Wildman–Crippen MR) is 148 cm³/mol. The summed E-state index contributed by atoms with van der Waals surface area (Å²) in [7, 11) is 0. The minimum atomic E-state index is -2.73. The smallest absolute Gasteiger partial charge is 0.408 e. The molecular formula is C31H30F3N3O4. The van der Waals surface area contributed by atoms with E-state index in [-0.39, 0.29) is 38.4 Å². The number of halogens is 3.